The second-order valence-electron chi connectivity index (χ2n) is 13.8. The van der Waals surface area contributed by atoms with Crippen LogP contribution in [0.25, 0.3) is 10.8 Å². The van der Waals surface area contributed by atoms with Gasteiger partial charge in [0.25, 0.3) is 0 Å². The van der Waals surface area contributed by atoms with Crippen molar-refractivity contribution in [2.75, 3.05) is 4.90 Å². The van der Waals surface area contributed by atoms with Crippen molar-refractivity contribution in [1.29, 1.82) is 0 Å². The number of phenolic OH excluding ortho intramolecular Hbond substituents is 1. The van der Waals surface area contributed by atoms with Crippen molar-refractivity contribution >= 4 is 51.7 Å². The SMILES string of the molecule is CC12C(=O)N(c3ccc(F)c(Cl)c3)C(=O)C1CC1C(=CCC3C(=O)N(C4CCCCC4)C(=O)C31)C2c1ccc(O)c2ccccc12. The van der Waals surface area contributed by atoms with Gasteiger partial charge in [0.2, 0.25) is 23.6 Å². The molecule has 2 saturated heterocycles. The lowest BCUT2D eigenvalue weighted by molar-refractivity contribution is -0.144. The lowest BCUT2D eigenvalue weighted by Gasteiger charge is -2.49. The van der Waals surface area contributed by atoms with Crippen LogP contribution < -0.4 is 4.90 Å². The summed E-state index contributed by atoms with van der Waals surface area (Å²) in [6.07, 6.45) is 7.37. The van der Waals surface area contributed by atoms with Crippen molar-refractivity contribution in [2.24, 2.45) is 29.1 Å². The van der Waals surface area contributed by atoms with Crippen LogP contribution in [0.5, 0.6) is 5.75 Å². The van der Waals surface area contributed by atoms with E-state index in [0.717, 1.165) is 59.6 Å². The minimum absolute atomic E-state index is 0.0955. The maximum atomic E-state index is 14.7. The number of halogens is 2. The largest absolute Gasteiger partial charge is 0.507 e. The minimum Gasteiger partial charge on any atom is -0.507 e. The molecule has 4 fully saturated rings. The van der Waals surface area contributed by atoms with Crippen molar-refractivity contribution in [1.82, 2.24) is 4.90 Å². The molecule has 5 aliphatic rings. The molecule has 2 saturated carbocycles. The Morgan fingerprint density at radius 3 is 2.37 bits per heavy atom. The number of allylic oxidation sites excluding steroid dienone is 2. The molecule has 0 spiro atoms. The molecule has 8 rings (SSSR count). The van der Waals surface area contributed by atoms with E-state index in [4.69, 9.17) is 11.6 Å². The number of hydrogen-bond acceptors (Lipinski definition) is 5. The fraction of sp³-hybridized carbons (Fsp3) is 0.405. The summed E-state index contributed by atoms with van der Waals surface area (Å²) in [5, 5.41) is 11.9. The van der Waals surface area contributed by atoms with Crippen LogP contribution in [0.2, 0.25) is 5.02 Å². The van der Waals surface area contributed by atoms with Gasteiger partial charge in [0.05, 0.1) is 33.9 Å². The normalized spacial score (nSPS) is 31.3. The highest BCUT2D eigenvalue weighted by Gasteiger charge is 2.68. The van der Waals surface area contributed by atoms with E-state index in [1.807, 2.05) is 43.3 Å². The van der Waals surface area contributed by atoms with Gasteiger partial charge in [-0.05, 0) is 73.7 Å². The summed E-state index contributed by atoms with van der Waals surface area (Å²) in [7, 11) is 0. The number of amides is 4. The molecule has 3 aromatic carbocycles. The average Bonchev–Trinajstić information content (AvgIpc) is 3.43. The second-order valence-corrected chi connectivity index (χ2v) is 14.2. The smallest absolute Gasteiger partial charge is 0.241 e. The predicted octanol–water partition coefficient (Wildman–Crippen LogP) is 6.90. The van der Waals surface area contributed by atoms with E-state index in [0.29, 0.717) is 11.8 Å². The lowest BCUT2D eigenvalue weighted by Crippen LogP contribution is -2.49. The molecule has 3 aliphatic carbocycles. The highest BCUT2D eigenvalue weighted by molar-refractivity contribution is 6.31. The number of rotatable bonds is 3. The molecule has 46 heavy (non-hydrogen) atoms. The van der Waals surface area contributed by atoms with Crippen LogP contribution in [0.1, 0.15) is 63.4 Å². The Bertz CT molecular complexity index is 1880. The summed E-state index contributed by atoms with van der Waals surface area (Å²) >= 11 is 6.12. The number of anilines is 1. The predicted molar refractivity (Wildman–Crippen MR) is 170 cm³/mol. The van der Waals surface area contributed by atoms with Gasteiger partial charge in [0, 0.05) is 17.3 Å². The number of carbonyl (C=O) groups excluding carboxylic acids is 4. The molecule has 2 heterocycles. The molecule has 9 heteroatoms. The lowest BCUT2D eigenvalue weighted by atomic mass is 9.51. The first-order chi connectivity index (χ1) is 22.1. The highest BCUT2D eigenvalue weighted by Crippen LogP contribution is 2.64. The summed E-state index contributed by atoms with van der Waals surface area (Å²) in [6.45, 7) is 1.81. The number of benzene rings is 3. The monoisotopic (exact) mass is 640 g/mol. The molecule has 4 amide bonds. The molecule has 6 atom stereocenters. The first-order valence-electron chi connectivity index (χ1n) is 16.2. The first kappa shape index (κ1) is 29.4. The maximum absolute atomic E-state index is 14.7. The van der Waals surface area contributed by atoms with Crippen LogP contribution >= 0.6 is 11.6 Å². The van der Waals surface area contributed by atoms with Crippen LogP contribution in [0, 0.1) is 34.9 Å². The van der Waals surface area contributed by atoms with Crippen molar-refractivity contribution in [3.8, 4) is 5.75 Å². The van der Waals surface area contributed by atoms with E-state index in [1.165, 1.54) is 12.1 Å². The molecule has 0 radical (unpaired) electrons. The molecule has 2 aliphatic heterocycles. The highest BCUT2D eigenvalue weighted by atomic mass is 35.5. The van der Waals surface area contributed by atoms with Gasteiger partial charge >= 0.3 is 0 Å². The summed E-state index contributed by atoms with van der Waals surface area (Å²) in [5.74, 6) is -4.64. The van der Waals surface area contributed by atoms with Crippen molar-refractivity contribution in [3.05, 3.63) is 82.6 Å². The number of hydrogen-bond donors (Lipinski definition) is 1. The van der Waals surface area contributed by atoms with Gasteiger partial charge in [-0.15, -0.1) is 0 Å². The van der Waals surface area contributed by atoms with E-state index in [1.54, 1.807) is 11.0 Å². The van der Waals surface area contributed by atoms with Crippen LogP contribution in [0.3, 0.4) is 0 Å². The second kappa shape index (κ2) is 10.5. The minimum atomic E-state index is -1.26. The van der Waals surface area contributed by atoms with Crippen molar-refractivity contribution in [3.63, 3.8) is 0 Å². The number of aromatic hydroxyl groups is 1. The molecule has 236 valence electrons. The average molecular weight is 641 g/mol. The summed E-state index contributed by atoms with van der Waals surface area (Å²) in [4.78, 5) is 60.0. The van der Waals surface area contributed by atoms with E-state index in [-0.39, 0.29) is 40.7 Å². The number of carbonyl (C=O) groups is 4. The quantitative estimate of drug-likeness (QED) is 0.248. The Kier molecular flexibility index (Phi) is 6.70. The Labute approximate surface area is 271 Å². The van der Waals surface area contributed by atoms with Gasteiger partial charge in [-0.25, -0.2) is 9.29 Å². The van der Waals surface area contributed by atoms with Crippen molar-refractivity contribution < 1.29 is 28.7 Å². The van der Waals surface area contributed by atoms with Gasteiger partial charge in [0.1, 0.15) is 11.6 Å². The van der Waals surface area contributed by atoms with Crippen LogP contribution in [-0.4, -0.2) is 39.7 Å². The topological polar surface area (TPSA) is 95.0 Å². The standard InChI is InChI=1S/C37H34ClFN2O5/c1-37-27(34(44)41(36(37)46)20-11-15-29(39)28(38)17-20)18-26-24(32(37)23-14-16-30(42)22-10-6-5-9-21(22)23)12-13-25-31(26)35(45)40(33(25)43)19-7-3-2-4-8-19/h5-6,9-12,14-17,19,25-27,31-32,42H,2-4,7-8,13,18H2,1H3. The zero-order valence-electron chi connectivity index (χ0n) is 25.4. The molecular weight excluding hydrogens is 607 g/mol. The Morgan fingerprint density at radius 2 is 1.63 bits per heavy atom. The van der Waals surface area contributed by atoms with Gasteiger partial charge in [-0.1, -0.05) is 72.8 Å². The molecule has 3 aromatic rings. The zero-order chi connectivity index (χ0) is 32.1. The number of nitrogens with zero attached hydrogens (tertiary/aromatic N) is 2. The Balaban J connectivity index is 1.30. The van der Waals surface area contributed by atoms with E-state index in [2.05, 4.69) is 0 Å². The first-order valence-corrected chi connectivity index (χ1v) is 16.6. The molecular formula is C37H34ClFN2O5. The van der Waals surface area contributed by atoms with Gasteiger partial charge in [-0.3, -0.25) is 24.1 Å². The molecule has 0 bridgehead atoms. The molecule has 6 unspecified atom stereocenters. The summed E-state index contributed by atoms with van der Waals surface area (Å²) in [6, 6.07) is 14.6. The Morgan fingerprint density at radius 1 is 0.891 bits per heavy atom. The van der Waals surface area contributed by atoms with Gasteiger partial charge < -0.3 is 5.11 Å². The number of likely N-dealkylation sites (tertiary alicyclic amines) is 1. The fourth-order valence-electron chi connectivity index (χ4n) is 9.51. The van der Waals surface area contributed by atoms with E-state index >= 15 is 0 Å². The van der Waals surface area contributed by atoms with Crippen LogP contribution in [-0.2, 0) is 19.2 Å². The van der Waals surface area contributed by atoms with Crippen LogP contribution in [0.4, 0.5) is 10.1 Å². The summed E-state index contributed by atoms with van der Waals surface area (Å²) < 4.78 is 14.2. The summed E-state index contributed by atoms with van der Waals surface area (Å²) in [5.41, 5.74) is 0.595. The van der Waals surface area contributed by atoms with E-state index < -0.39 is 52.6 Å². The molecule has 1 N–H and O–H groups in total. The van der Waals surface area contributed by atoms with Crippen molar-refractivity contribution in [2.45, 2.75) is 63.8 Å². The van der Waals surface area contributed by atoms with Gasteiger partial charge in [-0.2, -0.15) is 0 Å². The number of phenols is 1. The number of fused-ring (bicyclic) bond motifs is 5. The molecule has 0 aromatic heterocycles. The number of imide groups is 2. The van der Waals surface area contributed by atoms with E-state index in [9.17, 15) is 28.7 Å². The van der Waals surface area contributed by atoms with Crippen LogP contribution in [0.15, 0.2) is 66.2 Å². The third-order valence-electron chi connectivity index (χ3n) is 11.7. The molecule has 7 nitrogen and oxygen atoms in total. The fourth-order valence-corrected chi connectivity index (χ4v) is 9.69. The zero-order valence-corrected chi connectivity index (χ0v) is 26.2. The van der Waals surface area contributed by atoms with Gasteiger partial charge in [0.15, 0.2) is 0 Å². The third kappa shape index (κ3) is 3.95. The Hall–Kier alpha value is -4.04. The maximum Gasteiger partial charge on any atom is 0.241 e. The third-order valence-corrected chi connectivity index (χ3v) is 11.9.